The van der Waals surface area contributed by atoms with Crippen LogP contribution in [-0.4, -0.2) is 18.2 Å². The van der Waals surface area contributed by atoms with E-state index in [1.807, 2.05) is 13.0 Å². The number of ether oxygens (including phenoxy) is 2. The molecule has 0 aliphatic carbocycles. The molecule has 84 valence electrons. The molecule has 0 aliphatic heterocycles. The fourth-order valence-corrected chi connectivity index (χ4v) is 2.16. The Hall–Kier alpha value is -1.82. The van der Waals surface area contributed by atoms with Crippen LogP contribution in [0, 0.1) is 6.92 Å². The smallest absolute Gasteiger partial charge is 0.437 e. The fourth-order valence-electron chi connectivity index (χ4n) is 1.37. The van der Waals surface area contributed by atoms with Gasteiger partial charge < -0.3 is 15.2 Å². The van der Waals surface area contributed by atoms with Crippen molar-refractivity contribution in [3.8, 4) is 5.75 Å². The third-order valence-corrected chi connectivity index (χ3v) is 2.99. The second-order valence-corrected chi connectivity index (χ2v) is 4.21. The lowest BCUT2D eigenvalue weighted by Gasteiger charge is -2.05. The topological polar surface area (TPSA) is 74.4 Å². The van der Waals surface area contributed by atoms with Gasteiger partial charge in [0, 0.05) is 5.56 Å². The summed E-state index contributed by atoms with van der Waals surface area (Å²) in [5, 5.41) is 0.494. The SMILES string of the molecule is COC(=O)Oc1ccc2sc(N)nc2c1C. The molecule has 2 aromatic rings. The van der Waals surface area contributed by atoms with Crippen molar-refractivity contribution in [1.82, 2.24) is 4.98 Å². The minimum Gasteiger partial charge on any atom is -0.437 e. The van der Waals surface area contributed by atoms with Gasteiger partial charge in [0.2, 0.25) is 0 Å². The summed E-state index contributed by atoms with van der Waals surface area (Å²) in [5.74, 6) is 0.435. The van der Waals surface area contributed by atoms with Crippen molar-refractivity contribution in [2.45, 2.75) is 6.92 Å². The van der Waals surface area contributed by atoms with Crippen LogP contribution < -0.4 is 10.5 Å². The van der Waals surface area contributed by atoms with Gasteiger partial charge in [-0.2, -0.15) is 0 Å². The number of nitrogens with two attached hydrogens (primary N) is 1. The average molecular weight is 238 g/mol. The van der Waals surface area contributed by atoms with Crippen molar-refractivity contribution in [2.24, 2.45) is 0 Å². The van der Waals surface area contributed by atoms with Gasteiger partial charge >= 0.3 is 6.16 Å². The van der Waals surface area contributed by atoms with Crippen molar-refractivity contribution in [1.29, 1.82) is 0 Å². The van der Waals surface area contributed by atoms with Gasteiger partial charge in [-0.1, -0.05) is 11.3 Å². The summed E-state index contributed by atoms with van der Waals surface area (Å²) in [7, 11) is 1.26. The summed E-state index contributed by atoms with van der Waals surface area (Å²) < 4.78 is 10.4. The van der Waals surface area contributed by atoms with E-state index in [0.717, 1.165) is 15.8 Å². The number of methoxy groups -OCH3 is 1. The van der Waals surface area contributed by atoms with Gasteiger partial charge in [0.1, 0.15) is 5.75 Å². The van der Waals surface area contributed by atoms with Crippen LogP contribution in [0.25, 0.3) is 10.2 Å². The number of rotatable bonds is 1. The molecule has 0 radical (unpaired) electrons. The molecule has 2 rings (SSSR count). The Morgan fingerprint density at radius 2 is 2.25 bits per heavy atom. The highest BCUT2D eigenvalue weighted by Crippen LogP contribution is 2.31. The maximum Gasteiger partial charge on any atom is 0.513 e. The van der Waals surface area contributed by atoms with E-state index >= 15 is 0 Å². The fraction of sp³-hybridized carbons (Fsp3) is 0.200. The van der Waals surface area contributed by atoms with Gasteiger partial charge in [0.25, 0.3) is 0 Å². The molecule has 1 aromatic heterocycles. The first-order chi connectivity index (χ1) is 7.61. The number of hydrogen-bond donors (Lipinski definition) is 1. The molecule has 0 fully saturated rings. The monoisotopic (exact) mass is 238 g/mol. The number of hydrogen-bond acceptors (Lipinski definition) is 6. The van der Waals surface area contributed by atoms with Crippen LogP contribution in [0.15, 0.2) is 12.1 Å². The number of carbonyl (C=O) groups excluding carboxylic acids is 1. The number of fused-ring (bicyclic) bond motifs is 1. The first-order valence-corrected chi connectivity index (χ1v) is 5.35. The molecule has 0 spiro atoms. The molecule has 6 heteroatoms. The number of anilines is 1. The maximum absolute atomic E-state index is 11.0. The maximum atomic E-state index is 11.0. The molecular weight excluding hydrogens is 228 g/mol. The van der Waals surface area contributed by atoms with Crippen molar-refractivity contribution < 1.29 is 14.3 Å². The molecule has 1 aromatic carbocycles. The average Bonchev–Trinajstić information content (AvgIpc) is 2.64. The largest absolute Gasteiger partial charge is 0.513 e. The third-order valence-electron chi connectivity index (χ3n) is 2.14. The predicted molar refractivity (Wildman–Crippen MR) is 61.8 cm³/mol. The Kier molecular flexibility index (Phi) is 2.66. The molecular formula is C10H10N2O3S. The van der Waals surface area contributed by atoms with Gasteiger partial charge in [-0.15, -0.1) is 0 Å². The first kappa shape index (κ1) is 10.7. The number of thiazole rings is 1. The summed E-state index contributed by atoms with van der Waals surface area (Å²) in [6.45, 7) is 1.82. The van der Waals surface area contributed by atoms with Crippen LogP contribution >= 0.6 is 11.3 Å². The number of aryl methyl sites for hydroxylation is 1. The van der Waals surface area contributed by atoms with E-state index in [2.05, 4.69) is 9.72 Å². The lowest BCUT2D eigenvalue weighted by molar-refractivity contribution is 0.121. The van der Waals surface area contributed by atoms with Gasteiger partial charge in [-0.25, -0.2) is 9.78 Å². The Morgan fingerprint density at radius 1 is 1.50 bits per heavy atom. The molecule has 0 atom stereocenters. The van der Waals surface area contributed by atoms with E-state index in [4.69, 9.17) is 10.5 Å². The standard InChI is InChI=1S/C10H10N2O3S/c1-5-6(15-10(13)14-2)3-4-7-8(5)12-9(11)16-7/h3-4H,1-2H3,(H2,11,12). The number of carbonyl (C=O) groups is 1. The summed E-state index contributed by atoms with van der Waals surface area (Å²) in [6.07, 6.45) is -0.745. The molecule has 2 N–H and O–H groups in total. The number of nitrogens with zero attached hydrogens (tertiary/aromatic N) is 1. The van der Waals surface area contributed by atoms with Crippen LogP contribution in [-0.2, 0) is 4.74 Å². The molecule has 0 saturated heterocycles. The Morgan fingerprint density at radius 3 is 2.94 bits per heavy atom. The molecule has 0 amide bonds. The summed E-state index contributed by atoms with van der Waals surface area (Å²) in [4.78, 5) is 15.2. The molecule has 0 unspecified atom stereocenters. The predicted octanol–water partition coefficient (Wildman–Crippen LogP) is 2.33. The zero-order chi connectivity index (χ0) is 11.7. The first-order valence-electron chi connectivity index (χ1n) is 4.53. The zero-order valence-corrected chi connectivity index (χ0v) is 9.63. The van der Waals surface area contributed by atoms with E-state index in [-0.39, 0.29) is 0 Å². The summed E-state index contributed by atoms with van der Waals surface area (Å²) >= 11 is 1.39. The van der Waals surface area contributed by atoms with E-state index in [0.29, 0.717) is 10.9 Å². The van der Waals surface area contributed by atoms with E-state index in [1.54, 1.807) is 6.07 Å². The quantitative estimate of drug-likeness (QED) is 0.609. The lowest BCUT2D eigenvalue weighted by Crippen LogP contribution is -2.08. The van der Waals surface area contributed by atoms with Crippen LogP contribution in [0.3, 0.4) is 0 Å². The number of benzene rings is 1. The number of nitrogen functional groups attached to an aromatic ring is 1. The van der Waals surface area contributed by atoms with Crippen LogP contribution in [0.4, 0.5) is 9.93 Å². The van der Waals surface area contributed by atoms with Gasteiger partial charge in [0.15, 0.2) is 5.13 Å². The van der Waals surface area contributed by atoms with Gasteiger partial charge in [-0.05, 0) is 19.1 Å². The highest BCUT2D eigenvalue weighted by Gasteiger charge is 2.12. The molecule has 5 nitrogen and oxygen atoms in total. The molecule has 16 heavy (non-hydrogen) atoms. The van der Waals surface area contributed by atoms with Gasteiger partial charge in [0.05, 0.1) is 17.3 Å². The highest BCUT2D eigenvalue weighted by molar-refractivity contribution is 7.22. The second-order valence-electron chi connectivity index (χ2n) is 3.14. The minimum absolute atomic E-state index is 0.435. The van der Waals surface area contributed by atoms with Crippen molar-refractivity contribution >= 4 is 32.8 Å². The van der Waals surface area contributed by atoms with Crippen LogP contribution in [0.5, 0.6) is 5.75 Å². The minimum atomic E-state index is -0.745. The van der Waals surface area contributed by atoms with E-state index < -0.39 is 6.16 Å². The Labute approximate surface area is 95.8 Å². The van der Waals surface area contributed by atoms with Crippen LogP contribution in [0.1, 0.15) is 5.56 Å². The molecule has 0 bridgehead atoms. The highest BCUT2D eigenvalue weighted by atomic mass is 32.1. The normalized spacial score (nSPS) is 10.4. The van der Waals surface area contributed by atoms with E-state index in [1.165, 1.54) is 18.4 Å². The lowest BCUT2D eigenvalue weighted by atomic mass is 10.2. The van der Waals surface area contributed by atoms with E-state index in [9.17, 15) is 4.79 Å². The Bertz CT molecular complexity index is 550. The summed E-state index contributed by atoms with van der Waals surface area (Å²) in [6, 6.07) is 3.51. The third kappa shape index (κ3) is 1.79. The van der Waals surface area contributed by atoms with Crippen molar-refractivity contribution in [3.05, 3.63) is 17.7 Å². The van der Waals surface area contributed by atoms with Gasteiger partial charge in [-0.3, -0.25) is 0 Å². The summed E-state index contributed by atoms with van der Waals surface area (Å²) in [5.41, 5.74) is 7.14. The zero-order valence-electron chi connectivity index (χ0n) is 8.81. The Balaban J connectivity index is 2.47. The molecule has 0 saturated carbocycles. The van der Waals surface area contributed by atoms with Crippen molar-refractivity contribution in [3.63, 3.8) is 0 Å². The van der Waals surface area contributed by atoms with Crippen molar-refractivity contribution in [2.75, 3.05) is 12.8 Å². The molecule has 1 heterocycles. The second kappa shape index (κ2) is 3.97. The van der Waals surface area contributed by atoms with Crippen LogP contribution in [0.2, 0.25) is 0 Å². The molecule has 0 aliphatic rings. The number of aromatic nitrogens is 1.